The number of amides is 1. The molecule has 2 aromatic rings. The molecule has 1 aromatic carbocycles. The maximum atomic E-state index is 11.9. The molecule has 1 aliphatic carbocycles. The number of nitrogens with one attached hydrogen (secondary N) is 1. The SMILES string of the molecule is NC(CC(=O)NCc1ccccc1-n1cccn1)C1CC1. The molecule has 0 radical (unpaired) electrons. The van der Waals surface area contributed by atoms with E-state index < -0.39 is 0 Å². The predicted molar refractivity (Wildman–Crippen MR) is 80.7 cm³/mol. The van der Waals surface area contributed by atoms with Gasteiger partial charge in [-0.05, 0) is 36.5 Å². The Morgan fingerprint density at radius 1 is 1.38 bits per heavy atom. The van der Waals surface area contributed by atoms with E-state index in [1.165, 1.54) is 0 Å². The van der Waals surface area contributed by atoms with E-state index in [0.717, 1.165) is 24.1 Å². The van der Waals surface area contributed by atoms with Gasteiger partial charge in [-0.25, -0.2) is 4.68 Å². The highest BCUT2D eigenvalue weighted by Gasteiger charge is 2.29. The molecule has 0 spiro atoms. The van der Waals surface area contributed by atoms with Gasteiger partial charge in [0.05, 0.1) is 5.69 Å². The van der Waals surface area contributed by atoms with Gasteiger partial charge >= 0.3 is 0 Å². The van der Waals surface area contributed by atoms with Crippen molar-refractivity contribution in [3.05, 3.63) is 48.3 Å². The molecule has 110 valence electrons. The minimum atomic E-state index is 0.00589. The normalized spacial score (nSPS) is 15.7. The van der Waals surface area contributed by atoms with Crippen molar-refractivity contribution in [3.63, 3.8) is 0 Å². The summed E-state index contributed by atoms with van der Waals surface area (Å²) in [5, 5.41) is 7.19. The number of rotatable bonds is 6. The van der Waals surface area contributed by atoms with Gasteiger partial charge < -0.3 is 11.1 Å². The lowest BCUT2D eigenvalue weighted by Crippen LogP contribution is -2.32. The molecule has 5 nitrogen and oxygen atoms in total. The maximum absolute atomic E-state index is 11.9. The summed E-state index contributed by atoms with van der Waals surface area (Å²) < 4.78 is 1.80. The van der Waals surface area contributed by atoms with E-state index in [9.17, 15) is 4.79 Å². The number of para-hydroxylation sites is 1. The summed E-state index contributed by atoms with van der Waals surface area (Å²) in [4.78, 5) is 11.9. The average molecular weight is 284 g/mol. The number of nitrogens with zero attached hydrogens (tertiary/aromatic N) is 2. The number of hydrogen-bond acceptors (Lipinski definition) is 3. The van der Waals surface area contributed by atoms with Gasteiger partial charge in [0.25, 0.3) is 0 Å². The van der Waals surface area contributed by atoms with Crippen LogP contribution < -0.4 is 11.1 Å². The molecule has 1 aromatic heterocycles. The summed E-state index contributed by atoms with van der Waals surface area (Å²) in [6.45, 7) is 0.492. The molecule has 1 fully saturated rings. The molecule has 21 heavy (non-hydrogen) atoms. The predicted octanol–water partition coefficient (Wildman–Crippen LogP) is 1.62. The molecule has 1 aliphatic rings. The quantitative estimate of drug-likeness (QED) is 0.846. The van der Waals surface area contributed by atoms with E-state index in [4.69, 9.17) is 5.73 Å². The maximum Gasteiger partial charge on any atom is 0.221 e. The highest BCUT2D eigenvalue weighted by molar-refractivity contribution is 5.76. The number of carbonyl (C=O) groups excluding carboxylic acids is 1. The van der Waals surface area contributed by atoms with E-state index in [1.807, 2.05) is 36.5 Å². The van der Waals surface area contributed by atoms with Crippen LogP contribution in [0.1, 0.15) is 24.8 Å². The Labute approximate surface area is 124 Å². The smallest absolute Gasteiger partial charge is 0.221 e. The largest absolute Gasteiger partial charge is 0.352 e. The fourth-order valence-corrected chi connectivity index (χ4v) is 2.47. The first-order chi connectivity index (χ1) is 10.2. The number of nitrogens with two attached hydrogens (primary N) is 1. The van der Waals surface area contributed by atoms with E-state index in [2.05, 4.69) is 10.4 Å². The monoisotopic (exact) mass is 284 g/mol. The second kappa shape index (κ2) is 6.10. The molecule has 0 aliphatic heterocycles. The topological polar surface area (TPSA) is 72.9 Å². The summed E-state index contributed by atoms with van der Waals surface area (Å²) in [7, 11) is 0. The minimum absolute atomic E-state index is 0.00589. The zero-order chi connectivity index (χ0) is 14.7. The summed E-state index contributed by atoms with van der Waals surface area (Å²) >= 11 is 0. The molecule has 1 amide bonds. The van der Waals surface area contributed by atoms with Gasteiger partial charge in [0.1, 0.15) is 0 Å². The molecule has 1 atom stereocenters. The number of benzene rings is 1. The van der Waals surface area contributed by atoms with Crippen LogP contribution in [0.2, 0.25) is 0 Å². The van der Waals surface area contributed by atoms with Crippen molar-refractivity contribution in [1.82, 2.24) is 15.1 Å². The molecule has 1 saturated carbocycles. The lowest BCUT2D eigenvalue weighted by molar-refractivity contribution is -0.121. The van der Waals surface area contributed by atoms with Crippen molar-refractivity contribution in [3.8, 4) is 5.69 Å². The van der Waals surface area contributed by atoms with E-state index in [-0.39, 0.29) is 11.9 Å². The Balaban J connectivity index is 1.61. The number of hydrogen-bond donors (Lipinski definition) is 2. The summed E-state index contributed by atoms with van der Waals surface area (Å²) in [5.74, 6) is 0.566. The third kappa shape index (κ3) is 3.49. The molecule has 5 heteroatoms. The first-order valence-electron chi connectivity index (χ1n) is 7.34. The lowest BCUT2D eigenvalue weighted by Gasteiger charge is -2.13. The summed E-state index contributed by atoms with van der Waals surface area (Å²) in [6, 6.07) is 9.80. The van der Waals surface area contributed by atoms with Crippen LogP contribution in [0, 0.1) is 5.92 Å². The van der Waals surface area contributed by atoms with Crippen molar-refractivity contribution in [2.75, 3.05) is 0 Å². The molecular weight excluding hydrogens is 264 g/mol. The minimum Gasteiger partial charge on any atom is -0.352 e. The van der Waals surface area contributed by atoms with Crippen LogP contribution in [0.25, 0.3) is 5.69 Å². The van der Waals surface area contributed by atoms with Gasteiger partial charge in [-0.15, -0.1) is 0 Å². The molecule has 3 N–H and O–H groups in total. The highest BCUT2D eigenvalue weighted by Crippen LogP contribution is 2.32. The van der Waals surface area contributed by atoms with E-state index in [0.29, 0.717) is 18.9 Å². The molecule has 0 saturated heterocycles. The zero-order valence-electron chi connectivity index (χ0n) is 11.9. The Kier molecular flexibility index (Phi) is 4.01. The van der Waals surface area contributed by atoms with Crippen molar-refractivity contribution in [2.24, 2.45) is 11.7 Å². The molecule has 3 rings (SSSR count). The van der Waals surface area contributed by atoms with Gasteiger partial charge in [0.15, 0.2) is 0 Å². The van der Waals surface area contributed by atoms with Crippen molar-refractivity contribution < 1.29 is 4.79 Å². The van der Waals surface area contributed by atoms with Crippen molar-refractivity contribution in [1.29, 1.82) is 0 Å². The van der Waals surface area contributed by atoms with Gasteiger partial charge in [0.2, 0.25) is 5.91 Å². The van der Waals surface area contributed by atoms with Crippen molar-refractivity contribution in [2.45, 2.75) is 31.8 Å². The Bertz CT molecular complexity index is 604. The van der Waals surface area contributed by atoms with Crippen LogP contribution in [-0.2, 0) is 11.3 Å². The molecule has 0 bridgehead atoms. The first kappa shape index (κ1) is 13.8. The second-order valence-corrected chi connectivity index (χ2v) is 5.56. The summed E-state index contributed by atoms with van der Waals surface area (Å²) in [5.41, 5.74) is 8.00. The fraction of sp³-hybridized carbons (Fsp3) is 0.375. The van der Waals surface area contributed by atoms with Crippen LogP contribution in [0.15, 0.2) is 42.7 Å². The Morgan fingerprint density at radius 2 is 2.19 bits per heavy atom. The molecular formula is C16H20N4O. The number of aromatic nitrogens is 2. The standard InChI is InChI=1S/C16H20N4O/c17-14(12-6-7-12)10-16(21)18-11-13-4-1-2-5-15(13)20-9-3-8-19-20/h1-5,8-9,12,14H,6-7,10-11,17H2,(H,18,21). The van der Waals surface area contributed by atoms with Crippen molar-refractivity contribution >= 4 is 5.91 Å². The van der Waals surface area contributed by atoms with E-state index in [1.54, 1.807) is 10.9 Å². The second-order valence-electron chi connectivity index (χ2n) is 5.56. The van der Waals surface area contributed by atoms with Crippen LogP contribution >= 0.6 is 0 Å². The Hall–Kier alpha value is -2.14. The third-order valence-electron chi connectivity index (χ3n) is 3.87. The highest BCUT2D eigenvalue weighted by atomic mass is 16.1. The first-order valence-corrected chi connectivity index (χ1v) is 7.34. The van der Waals surface area contributed by atoms with Gasteiger partial charge in [0, 0.05) is 31.4 Å². The van der Waals surface area contributed by atoms with Gasteiger partial charge in [-0.1, -0.05) is 18.2 Å². The summed E-state index contributed by atoms with van der Waals surface area (Å²) in [6.07, 6.45) is 6.37. The molecule has 1 heterocycles. The average Bonchev–Trinajstić information content (AvgIpc) is 3.21. The van der Waals surface area contributed by atoms with E-state index >= 15 is 0 Å². The Morgan fingerprint density at radius 3 is 2.90 bits per heavy atom. The third-order valence-corrected chi connectivity index (χ3v) is 3.87. The van der Waals surface area contributed by atoms with Crippen LogP contribution in [0.5, 0.6) is 0 Å². The van der Waals surface area contributed by atoms with Crippen LogP contribution in [-0.4, -0.2) is 21.7 Å². The van der Waals surface area contributed by atoms with Gasteiger partial charge in [-0.3, -0.25) is 4.79 Å². The van der Waals surface area contributed by atoms with Gasteiger partial charge in [-0.2, -0.15) is 5.10 Å². The lowest BCUT2D eigenvalue weighted by atomic mass is 10.1. The molecule has 1 unspecified atom stereocenters. The van der Waals surface area contributed by atoms with Crippen LogP contribution in [0.3, 0.4) is 0 Å². The fourth-order valence-electron chi connectivity index (χ4n) is 2.47. The number of carbonyl (C=O) groups is 1. The zero-order valence-corrected chi connectivity index (χ0v) is 11.9. The van der Waals surface area contributed by atoms with Crippen LogP contribution in [0.4, 0.5) is 0 Å².